The van der Waals surface area contributed by atoms with Crippen LogP contribution >= 0.6 is 0 Å². The van der Waals surface area contributed by atoms with Gasteiger partial charge in [-0.3, -0.25) is 9.59 Å². The smallest absolute Gasteiger partial charge is 0.407 e. The normalized spacial score (nSPS) is 19.2. The standard InChI is InChI=1S/C50H50N8O8/c1-28(2)40(55-48(61)63-3)46(59)58-27-50(65-23-24-66-50)21-20-39(58)45-52-37-19-15-33-26-31(13-17-35(33)43(37)54-45)30-12-16-34-32(25-30)14-18-36-42(34)53-44(51-36)38-11-8-22-57(38)47(60)41(56-49(62)64-4)29-9-6-5-7-10-29/h5-7,9-10,12-14,16-18,25-26,28,38-41H,8,11,15,19,22-24,27H2,1-4H3,(H,51,53)(H,52,54)(H,55,61)(H,56,62)/t38-,39-,40-,41+/m0/s1. The summed E-state index contributed by atoms with van der Waals surface area (Å²) in [4.78, 5) is 73.7. The second-order valence-electron chi connectivity index (χ2n) is 17.5. The van der Waals surface area contributed by atoms with E-state index in [0.29, 0.717) is 37.0 Å². The van der Waals surface area contributed by atoms with Crippen LogP contribution in [-0.2, 0) is 41.4 Å². The van der Waals surface area contributed by atoms with Gasteiger partial charge >= 0.3 is 12.2 Å². The molecule has 6 aromatic rings. The first-order chi connectivity index (χ1) is 32.0. The van der Waals surface area contributed by atoms with Gasteiger partial charge in [-0.25, -0.2) is 19.6 Å². The number of imidazole rings is 2. The van der Waals surface area contributed by atoms with E-state index in [2.05, 4.69) is 74.9 Å². The number of benzene rings is 4. The molecule has 4 N–H and O–H groups in total. The summed E-state index contributed by atoms with van der Waals surface area (Å²) in [6, 6.07) is 23.4. The minimum atomic E-state index is -1.25. The van der Waals surface area contributed by atoms with Crippen LogP contribution in [0.25, 0.3) is 44.2 Å². The number of hydrogen-bond acceptors (Lipinski definition) is 10. The van der Waals surface area contributed by atoms with E-state index in [9.17, 15) is 19.2 Å². The number of nitrogens with zero attached hydrogens (tertiary/aromatic N) is 4. The van der Waals surface area contributed by atoms with Crippen LogP contribution in [0.15, 0.2) is 78.9 Å². The Morgan fingerprint density at radius 2 is 1.59 bits per heavy atom. The molecule has 0 unspecified atom stereocenters. The van der Waals surface area contributed by atoms with Crippen molar-refractivity contribution >= 4 is 45.8 Å². The molecular formula is C50H50N8O8. The first-order valence-electron chi connectivity index (χ1n) is 22.3. The number of fused-ring (bicyclic) bond motifs is 6. The molecule has 5 heterocycles. The SMILES string of the molecule is COC(=O)N[C@H](C(=O)N1CC2(C#C[C@H]1c1nc3c([nH]1)CCc1cc(-c4ccc5c(ccc6[nH]c([C@@H]7CCCN7C(=O)[C@H](NC(=O)OC)c7ccccc7)nc65)c4)ccc1-3)OCCO2)C(C)C. The molecule has 2 saturated heterocycles. The topological polar surface area (TPSA) is 193 Å². The Morgan fingerprint density at radius 1 is 0.833 bits per heavy atom. The second-order valence-corrected chi connectivity index (χ2v) is 17.5. The Morgan fingerprint density at radius 3 is 2.36 bits per heavy atom. The highest BCUT2D eigenvalue weighted by Crippen LogP contribution is 2.40. The summed E-state index contributed by atoms with van der Waals surface area (Å²) >= 11 is 0. The number of aryl methyl sites for hydroxylation is 2. The van der Waals surface area contributed by atoms with Crippen molar-refractivity contribution in [1.29, 1.82) is 0 Å². The second kappa shape index (κ2) is 17.3. The van der Waals surface area contributed by atoms with Gasteiger partial charge in [-0.1, -0.05) is 86.5 Å². The third-order valence-electron chi connectivity index (χ3n) is 13.1. The van der Waals surface area contributed by atoms with E-state index in [1.807, 2.05) is 50.2 Å². The fourth-order valence-corrected chi connectivity index (χ4v) is 9.71. The number of ether oxygens (including phenoxy) is 4. The van der Waals surface area contributed by atoms with Crippen molar-refractivity contribution in [3.8, 4) is 34.2 Å². The first-order valence-corrected chi connectivity index (χ1v) is 22.3. The number of methoxy groups -OCH3 is 2. The largest absolute Gasteiger partial charge is 0.453 e. The molecule has 0 saturated carbocycles. The molecule has 16 heteroatoms. The van der Waals surface area contributed by atoms with Crippen LogP contribution in [0.5, 0.6) is 0 Å². The summed E-state index contributed by atoms with van der Waals surface area (Å²) in [6.45, 7) is 5.02. The molecule has 338 valence electrons. The van der Waals surface area contributed by atoms with Gasteiger partial charge in [0.1, 0.15) is 23.7 Å². The molecule has 1 aliphatic carbocycles. The number of nitrogens with one attached hydrogen (secondary N) is 4. The van der Waals surface area contributed by atoms with Gasteiger partial charge in [0.15, 0.2) is 6.04 Å². The van der Waals surface area contributed by atoms with Crippen molar-refractivity contribution < 1.29 is 38.1 Å². The van der Waals surface area contributed by atoms with Crippen LogP contribution in [0.1, 0.15) is 73.3 Å². The fourth-order valence-electron chi connectivity index (χ4n) is 9.71. The summed E-state index contributed by atoms with van der Waals surface area (Å²) < 4.78 is 21.5. The molecule has 0 radical (unpaired) electrons. The van der Waals surface area contributed by atoms with Crippen molar-refractivity contribution in [2.45, 2.75) is 69.5 Å². The van der Waals surface area contributed by atoms with E-state index in [4.69, 9.17) is 28.9 Å². The Kier molecular flexibility index (Phi) is 11.2. The summed E-state index contributed by atoms with van der Waals surface area (Å²) in [5, 5.41) is 7.46. The Bertz CT molecular complexity index is 2950. The zero-order chi connectivity index (χ0) is 45.7. The zero-order valence-corrected chi connectivity index (χ0v) is 37.1. The molecule has 2 aromatic heterocycles. The van der Waals surface area contributed by atoms with Gasteiger partial charge in [-0.15, -0.1) is 0 Å². The third-order valence-corrected chi connectivity index (χ3v) is 13.1. The first kappa shape index (κ1) is 42.7. The molecule has 4 atom stereocenters. The quantitative estimate of drug-likeness (QED) is 0.114. The predicted molar refractivity (Wildman–Crippen MR) is 243 cm³/mol. The van der Waals surface area contributed by atoms with Gasteiger partial charge in [0.25, 0.3) is 11.7 Å². The summed E-state index contributed by atoms with van der Waals surface area (Å²) in [5.74, 6) is 5.55. The van der Waals surface area contributed by atoms with E-state index in [1.54, 1.807) is 9.80 Å². The summed E-state index contributed by atoms with van der Waals surface area (Å²) in [7, 11) is 2.55. The van der Waals surface area contributed by atoms with Crippen molar-refractivity contribution in [2.75, 3.05) is 40.5 Å². The van der Waals surface area contributed by atoms with E-state index in [-0.39, 0.29) is 30.3 Å². The average molecular weight is 891 g/mol. The molecule has 4 amide bonds. The van der Waals surface area contributed by atoms with Crippen LogP contribution in [-0.4, -0.2) is 106 Å². The number of rotatable bonds is 9. The molecule has 16 nitrogen and oxygen atoms in total. The Hall–Kier alpha value is -7.22. The number of aromatic amines is 2. The van der Waals surface area contributed by atoms with Crippen LogP contribution in [0.2, 0.25) is 0 Å². The lowest BCUT2D eigenvalue weighted by Crippen LogP contribution is -2.57. The van der Waals surface area contributed by atoms with Gasteiger partial charge in [0.2, 0.25) is 5.91 Å². The third kappa shape index (κ3) is 7.77. The lowest BCUT2D eigenvalue weighted by atomic mass is 9.89. The lowest BCUT2D eigenvalue weighted by Gasteiger charge is -2.38. The van der Waals surface area contributed by atoms with Gasteiger partial charge in [0.05, 0.1) is 56.7 Å². The number of carbonyl (C=O) groups excluding carboxylic acids is 4. The van der Waals surface area contributed by atoms with Crippen molar-refractivity contribution in [3.63, 3.8) is 0 Å². The van der Waals surface area contributed by atoms with Crippen LogP contribution in [0.4, 0.5) is 9.59 Å². The number of hydrogen-bond donors (Lipinski definition) is 4. The number of alkyl carbamates (subject to hydrolysis) is 2. The Labute approximate surface area is 380 Å². The monoisotopic (exact) mass is 890 g/mol. The molecule has 66 heavy (non-hydrogen) atoms. The predicted octanol–water partition coefficient (Wildman–Crippen LogP) is 6.64. The number of amides is 4. The van der Waals surface area contributed by atoms with E-state index < -0.39 is 36.1 Å². The number of aromatic nitrogens is 4. The highest BCUT2D eigenvalue weighted by Gasteiger charge is 2.46. The molecule has 1 spiro atoms. The lowest BCUT2D eigenvalue weighted by molar-refractivity contribution is -0.157. The highest BCUT2D eigenvalue weighted by molar-refractivity contribution is 6.05. The van der Waals surface area contributed by atoms with Crippen molar-refractivity contribution in [3.05, 3.63) is 107 Å². The summed E-state index contributed by atoms with van der Waals surface area (Å²) in [6.07, 6.45) is 1.67. The molecule has 0 bridgehead atoms. The van der Waals surface area contributed by atoms with E-state index >= 15 is 0 Å². The fraction of sp³-hybridized carbons (Fsp3) is 0.360. The molecule has 4 aliphatic rings. The van der Waals surface area contributed by atoms with E-state index in [1.165, 1.54) is 14.2 Å². The van der Waals surface area contributed by atoms with Crippen LogP contribution < -0.4 is 10.6 Å². The maximum absolute atomic E-state index is 14.3. The number of H-pyrrole nitrogens is 2. The van der Waals surface area contributed by atoms with Gasteiger partial charge in [-0.05, 0) is 77.3 Å². The van der Waals surface area contributed by atoms with Crippen LogP contribution in [0, 0.1) is 17.8 Å². The molecular weight excluding hydrogens is 841 g/mol. The molecule has 4 aromatic carbocycles. The summed E-state index contributed by atoms with van der Waals surface area (Å²) in [5.41, 5.74) is 8.47. The van der Waals surface area contributed by atoms with Gasteiger partial charge < -0.3 is 49.3 Å². The number of likely N-dealkylation sites (tertiary alicyclic amines) is 1. The molecule has 3 aliphatic heterocycles. The minimum Gasteiger partial charge on any atom is -0.453 e. The van der Waals surface area contributed by atoms with Gasteiger partial charge in [-0.2, -0.15) is 0 Å². The molecule has 2 fully saturated rings. The van der Waals surface area contributed by atoms with E-state index in [0.717, 1.165) is 81.1 Å². The molecule has 10 rings (SSSR count). The average Bonchev–Trinajstić information content (AvgIpc) is 4.18. The van der Waals surface area contributed by atoms with Crippen LogP contribution in [0.3, 0.4) is 0 Å². The van der Waals surface area contributed by atoms with Crippen molar-refractivity contribution in [2.24, 2.45) is 5.92 Å². The Balaban J connectivity index is 0.910. The maximum atomic E-state index is 14.3. The number of carbonyl (C=O) groups is 4. The van der Waals surface area contributed by atoms with Crippen molar-refractivity contribution in [1.82, 2.24) is 40.4 Å². The maximum Gasteiger partial charge on any atom is 0.407 e. The van der Waals surface area contributed by atoms with Gasteiger partial charge in [0, 0.05) is 23.2 Å². The minimum absolute atomic E-state index is 0.0485. The zero-order valence-electron chi connectivity index (χ0n) is 37.1. The highest BCUT2D eigenvalue weighted by atomic mass is 16.7.